The number of nitrogens with zero attached hydrogens (tertiary/aromatic N) is 8. The number of hydrogen-bond donors (Lipinski definition) is 12. The minimum atomic E-state index is -5.06. The number of aromatic nitrogens is 6. The highest BCUT2D eigenvalue weighted by molar-refractivity contribution is 7.86. The van der Waals surface area contributed by atoms with Gasteiger partial charge in [-0.15, -0.1) is 0 Å². The van der Waals surface area contributed by atoms with E-state index in [1.165, 1.54) is 72.2 Å². The van der Waals surface area contributed by atoms with E-state index in [1.807, 2.05) is 0 Å². The Balaban J connectivity index is 1.34. The maximum absolute atomic E-state index is 12.8. The Hall–Kier alpha value is -7.08. The van der Waals surface area contributed by atoms with Gasteiger partial charge >= 0.3 is 0 Å². The average molecular weight is 1110 g/mol. The van der Waals surface area contributed by atoms with Gasteiger partial charge in [-0.1, -0.05) is 36.4 Å². The molecule has 32 heteroatoms. The molecule has 2 atom stereocenters. The number of rotatable bonds is 24. The van der Waals surface area contributed by atoms with E-state index in [0.717, 1.165) is 48.6 Å². The number of anilines is 10. The summed E-state index contributed by atoms with van der Waals surface area (Å²) in [5.41, 5.74) is -0.255. The van der Waals surface area contributed by atoms with Crippen LogP contribution in [0.5, 0.6) is 0 Å². The minimum Gasteiger partial charge on any atom is -0.395 e. The van der Waals surface area contributed by atoms with Crippen molar-refractivity contribution in [1.29, 1.82) is 0 Å². The van der Waals surface area contributed by atoms with Gasteiger partial charge in [0.15, 0.2) is 0 Å². The van der Waals surface area contributed by atoms with E-state index in [-0.39, 0.29) is 95.7 Å². The van der Waals surface area contributed by atoms with Gasteiger partial charge in [0.25, 0.3) is 40.5 Å². The van der Waals surface area contributed by atoms with Gasteiger partial charge in [-0.2, -0.15) is 63.6 Å². The van der Waals surface area contributed by atoms with E-state index in [9.17, 15) is 72.3 Å². The van der Waals surface area contributed by atoms with Crippen LogP contribution in [0.25, 0.3) is 12.2 Å². The zero-order chi connectivity index (χ0) is 54.2. The van der Waals surface area contributed by atoms with Crippen LogP contribution in [0.4, 0.5) is 58.4 Å². The van der Waals surface area contributed by atoms with Gasteiger partial charge in [-0.3, -0.25) is 18.2 Å². The maximum atomic E-state index is 12.8. The largest absolute Gasteiger partial charge is 0.395 e. The molecule has 4 aromatic carbocycles. The van der Waals surface area contributed by atoms with Crippen LogP contribution in [0.3, 0.4) is 0 Å². The summed E-state index contributed by atoms with van der Waals surface area (Å²) in [6.07, 6.45) is 0.343. The third-order valence-corrected chi connectivity index (χ3v) is 13.4. The molecular formula is C42H48N12O16S4. The first-order valence-corrected chi connectivity index (χ1v) is 27.2. The fourth-order valence-corrected chi connectivity index (χ4v) is 9.25. The molecule has 0 saturated heterocycles. The van der Waals surface area contributed by atoms with Crippen LogP contribution < -0.4 is 31.1 Å². The lowest BCUT2D eigenvalue weighted by Crippen LogP contribution is -2.37. The number of aliphatic hydroxyl groups is 4. The molecular weight excluding hydrogens is 1060 g/mol. The van der Waals surface area contributed by atoms with Crippen LogP contribution in [0, 0.1) is 0 Å². The Bertz CT molecular complexity index is 3490. The minimum absolute atomic E-state index is 0.0394. The van der Waals surface area contributed by atoms with E-state index in [1.54, 1.807) is 0 Å². The lowest BCUT2D eigenvalue weighted by Gasteiger charge is -2.26. The van der Waals surface area contributed by atoms with Gasteiger partial charge in [-0.05, 0) is 85.6 Å². The fraction of sp³-hybridized carbons (Fsp3) is 0.238. The summed E-state index contributed by atoms with van der Waals surface area (Å²) in [4.78, 5) is 26.3. The normalized spacial score (nSPS) is 13.1. The second-order valence-corrected chi connectivity index (χ2v) is 21.5. The Morgan fingerprint density at radius 2 is 0.811 bits per heavy atom. The Kier molecular flexibility index (Phi) is 17.8. The molecule has 0 bridgehead atoms. The predicted octanol–water partition coefficient (Wildman–Crippen LogP) is 2.55. The zero-order valence-electron chi connectivity index (χ0n) is 38.7. The molecule has 396 valence electrons. The van der Waals surface area contributed by atoms with Crippen molar-refractivity contribution in [3.8, 4) is 0 Å². The number of aliphatic hydroxyl groups excluding tert-OH is 4. The van der Waals surface area contributed by atoms with E-state index < -0.39 is 85.5 Å². The second-order valence-electron chi connectivity index (χ2n) is 15.9. The molecule has 0 saturated carbocycles. The quantitative estimate of drug-likeness (QED) is 0.0306. The topological polar surface area (TPSA) is 430 Å². The molecule has 74 heavy (non-hydrogen) atoms. The first-order chi connectivity index (χ1) is 34.7. The Morgan fingerprint density at radius 3 is 1.12 bits per heavy atom. The van der Waals surface area contributed by atoms with Crippen LogP contribution >= 0.6 is 0 Å². The molecule has 0 aliphatic carbocycles. The summed E-state index contributed by atoms with van der Waals surface area (Å²) in [5.74, 6) is -1.19. The molecule has 0 radical (unpaired) electrons. The molecule has 0 fully saturated rings. The number of benzene rings is 4. The summed E-state index contributed by atoms with van der Waals surface area (Å²) in [7, 11) is -19.3. The van der Waals surface area contributed by atoms with Crippen molar-refractivity contribution in [3.05, 3.63) is 96.1 Å². The molecule has 2 unspecified atom stereocenters. The van der Waals surface area contributed by atoms with Crippen molar-refractivity contribution < 1.29 is 72.3 Å². The third-order valence-electron chi connectivity index (χ3n) is 9.84. The number of hydrogen-bond acceptors (Lipinski definition) is 24. The monoisotopic (exact) mass is 1100 g/mol. The van der Waals surface area contributed by atoms with Crippen LogP contribution in [-0.4, -0.2) is 154 Å². The van der Waals surface area contributed by atoms with Crippen molar-refractivity contribution in [1.82, 2.24) is 29.9 Å². The number of nitrogens with one attached hydrogen (secondary N) is 4. The van der Waals surface area contributed by atoms with Gasteiger partial charge in [0.2, 0.25) is 35.7 Å². The molecule has 0 amide bonds. The first-order valence-electron chi connectivity index (χ1n) is 21.4. The van der Waals surface area contributed by atoms with E-state index >= 15 is 0 Å². The highest BCUT2D eigenvalue weighted by Crippen LogP contribution is 2.30. The highest BCUT2D eigenvalue weighted by atomic mass is 32.2. The van der Waals surface area contributed by atoms with Crippen LogP contribution in [0.1, 0.15) is 25.0 Å². The molecule has 12 N–H and O–H groups in total. The van der Waals surface area contributed by atoms with Gasteiger partial charge in [0.1, 0.15) is 9.79 Å². The summed E-state index contributed by atoms with van der Waals surface area (Å²) in [6.45, 7) is 1.85. The van der Waals surface area contributed by atoms with E-state index in [2.05, 4.69) is 51.2 Å². The smallest absolute Gasteiger partial charge is 0.295 e. The van der Waals surface area contributed by atoms with E-state index in [4.69, 9.17) is 0 Å². The molecule has 6 aromatic rings. The molecule has 0 aliphatic rings. The molecule has 2 heterocycles. The van der Waals surface area contributed by atoms with Crippen LogP contribution in [0.2, 0.25) is 0 Å². The lowest BCUT2D eigenvalue weighted by atomic mass is 10.1. The summed E-state index contributed by atoms with van der Waals surface area (Å²) in [5, 5.41) is 50.9. The molecule has 2 aromatic heterocycles. The zero-order valence-corrected chi connectivity index (χ0v) is 42.0. The Morgan fingerprint density at radius 1 is 0.473 bits per heavy atom. The predicted molar refractivity (Wildman–Crippen MR) is 269 cm³/mol. The van der Waals surface area contributed by atoms with Crippen molar-refractivity contribution >= 4 is 111 Å². The van der Waals surface area contributed by atoms with Crippen LogP contribution in [-0.2, 0) is 40.5 Å². The third kappa shape index (κ3) is 15.7. The Labute approximate surface area is 423 Å². The summed E-state index contributed by atoms with van der Waals surface area (Å²) in [6, 6.07) is 17.0. The van der Waals surface area contributed by atoms with Crippen molar-refractivity contribution in [2.75, 3.05) is 70.5 Å². The SMILES string of the molecule is CC(O)CN(CC(C)O)c1nc(Nc2cccc(S(=O)(=O)O)c2)nc(Nc2ccc(C=Cc3ccc(Nc4nc(Nc5cccc(S(=O)(=O)O)c5)nc(N(CCO)CCO)n4)cc3S(=O)(=O)O)c(S(=O)(=O)O)c2)n1. The van der Waals surface area contributed by atoms with Gasteiger partial charge in [-0.25, -0.2) is 0 Å². The van der Waals surface area contributed by atoms with Crippen LogP contribution in [0.15, 0.2) is 105 Å². The van der Waals surface area contributed by atoms with Crippen molar-refractivity contribution in [3.63, 3.8) is 0 Å². The van der Waals surface area contributed by atoms with Gasteiger partial charge in [0, 0.05) is 48.9 Å². The standard InChI is InChI=1S/C42H48N12O16S4/c1-25(57)23-54(24-26(2)58)42-51-38(44-30-6-4-8-34(20-30)72(62,63)64)48-40(52-42)46-32-14-12-28(36(22-32)74(68,69)70)10-9-27-11-13-31(21-35(27)73(65,66)67)45-39-47-37(49-41(50-39)53(15-17-55)16-18-56)43-29-5-3-7-33(19-29)71(59,60)61/h3-14,19-22,25-26,55-58H,15-18,23-24H2,1-2H3,(H,59,60,61)(H,62,63,64)(H,65,66,67)(H,68,69,70)(H2,43,45,47,49,50)(H2,44,46,48,51,52). The maximum Gasteiger partial charge on any atom is 0.295 e. The second kappa shape index (κ2) is 23.4. The fourth-order valence-electron chi connectivity index (χ4n) is 6.78. The molecule has 0 spiro atoms. The molecule has 6 rings (SSSR count). The molecule has 0 aliphatic heterocycles. The van der Waals surface area contributed by atoms with Crippen molar-refractivity contribution in [2.45, 2.75) is 45.6 Å². The van der Waals surface area contributed by atoms with Crippen molar-refractivity contribution in [2.24, 2.45) is 0 Å². The highest BCUT2D eigenvalue weighted by Gasteiger charge is 2.22. The van der Waals surface area contributed by atoms with Gasteiger partial charge < -0.3 is 51.5 Å². The average Bonchev–Trinajstić information content (AvgIpc) is 3.29. The molecule has 28 nitrogen and oxygen atoms in total. The summed E-state index contributed by atoms with van der Waals surface area (Å²) >= 11 is 0. The van der Waals surface area contributed by atoms with Gasteiger partial charge in [0.05, 0.1) is 35.2 Å². The van der Waals surface area contributed by atoms with E-state index in [0.29, 0.717) is 0 Å². The first kappa shape index (κ1) is 56.2. The summed E-state index contributed by atoms with van der Waals surface area (Å²) < 4.78 is 138. The lowest BCUT2D eigenvalue weighted by molar-refractivity contribution is 0.177.